The third-order valence-corrected chi connectivity index (χ3v) is 7.71. The fraction of sp³-hybridized carbons (Fsp3) is 0.469. The molecule has 232 valence electrons. The van der Waals surface area contributed by atoms with Crippen molar-refractivity contribution in [1.29, 1.82) is 0 Å². The van der Waals surface area contributed by atoms with Crippen LogP contribution >= 0.6 is 0 Å². The van der Waals surface area contributed by atoms with Crippen LogP contribution in [-0.4, -0.2) is 86.0 Å². The van der Waals surface area contributed by atoms with Gasteiger partial charge in [0, 0.05) is 12.1 Å². The first kappa shape index (κ1) is 32.3. The van der Waals surface area contributed by atoms with Gasteiger partial charge in [-0.05, 0) is 53.5 Å². The van der Waals surface area contributed by atoms with Gasteiger partial charge in [0.2, 0.25) is 5.91 Å². The number of aliphatic carboxylic acids is 1. The van der Waals surface area contributed by atoms with Crippen LogP contribution in [0.15, 0.2) is 47.3 Å². The van der Waals surface area contributed by atoms with Crippen LogP contribution in [0.5, 0.6) is 0 Å². The highest BCUT2D eigenvalue weighted by atomic mass is 16.7. The third kappa shape index (κ3) is 7.31. The molecule has 1 fully saturated rings. The predicted octanol–water partition coefficient (Wildman–Crippen LogP) is 1.92. The number of ether oxygens (including phenoxy) is 2. The van der Waals surface area contributed by atoms with Crippen LogP contribution in [0.2, 0.25) is 0 Å². The Morgan fingerprint density at radius 3 is 2.37 bits per heavy atom. The first-order valence-corrected chi connectivity index (χ1v) is 14.2. The SMILES string of the molecule is Cc1cc(C)c2[nH]c(=O)c(CN(CCOC3OC(C(=O)O)C(O)C(O)C3O)C(=O)Cc3ccccc3C(C)(C)C)cc2c1. The molecule has 5 N–H and O–H groups in total. The molecule has 2 heterocycles. The Kier molecular flexibility index (Phi) is 9.73. The van der Waals surface area contributed by atoms with Gasteiger partial charge in [-0.3, -0.25) is 9.59 Å². The lowest BCUT2D eigenvalue weighted by molar-refractivity contribution is -0.294. The minimum atomic E-state index is -1.85. The molecule has 1 saturated heterocycles. The number of nitrogens with zero attached hydrogens (tertiary/aromatic N) is 1. The number of hydrogen-bond donors (Lipinski definition) is 5. The first-order chi connectivity index (χ1) is 20.2. The van der Waals surface area contributed by atoms with E-state index >= 15 is 0 Å². The topological polar surface area (TPSA) is 170 Å². The molecule has 0 aliphatic carbocycles. The number of aromatic nitrogens is 1. The summed E-state index contributed by atoms with van der Waals surface area (Å²) >= 11 is 0. The number of H-pyrrole nitrogens is 1. The lowest BCUT2D eigenvalue weighted by Crippen LogP contribution is -2.60. The van der Waals surface area contributed by atoms with Crippen LogP contribution in [0.1, 0.15) is 48.6 Å². The monoisotopic (exact) mass is 596 g/mol. The molecule has 1 amide bonds. The van der Waals surface area contributed by atoms with E-state index in [-0.39, 0.29) is 43.0 Å². The summed E-state index contributed by atoms with van der Waals surface area (Å²) in [6.07, 6.45) is -8.68. The van der Waals surface area contributed by atoms with Crippen LogP contribution in [0, 0.1) is 13.8 Å². The highest BCUT2D eigenvalue weighted by Crippen LogP contribution is 2.27. The molecule has 0 spiro atoms. The molecule has 1 aliphatic rings. The number of carbonyl (C=O) groups excluding carboxylic acids is 1. The number of rotatable bonds is 9. The van der Waals surface area contributed by atoms with Crippen LogP contribution < -0.4 is 5.56 Å². The van der Waals surface area contributed by atoms with Gasteiger partial charge >= 0.3 is 5.97 Å². The summed E-state index contributed by atoms with van der Waals surface area (Å²) in [5, 5.41) is 40.5. The molecule has 1 aliphatic heterocycles. The van der Waals surface area contributed by atoms with Crippen LogP contribution in [0.25, 0.3) is 10.9 Å². The molecule has 5 atom stereocenters. The summed E-state index contributed by atoms with van der Waals surface area (Å²) in [4.78, 5) is 42.8. The van der Waals surface area contributed by atoms with E-state index in [9.17, 15) is 34.8 Å². The number of carboxylic acids is 1. The molecule has 0 bridgehead atoms. The number of fused-ring (bicyclic) bond motifs is 1. The Balaban J connectivity index is 1.60. The predicted molar refractivity (Wildman–Crippen MR) is 159 cm³/mol. The first-order valence-electron chi connectivity index (χ1n) is 14.2. The highest BCUT2D eigenvalue weighted by molar-refractivity contribution is 5.83. The molecule has 5 unspecified atom stereocenters. The molecule has 4 rings (SSSR count). The average Bonchev–Trinajstić information content (AvgIpc) is 2.92. The van der Waals surface area contributed by atoms with E-state index < -0.39 is 36.7 Å². The smallest absolute Gasteiger partial charge is 0.335 e. The summed E-state index contributed by atoms with van der Waals surface area (Å²) in [6.45, 7) is 9.77. The van der Waals surface area contributed by atoms with E-state index in [2.05, 4.69) is 25.8 Å². The number of aliphatic hydroxyl groups is 3. The second kappa shape index (κ2) is 12.9. The molecule has 2 aromatic carbocycles. The zero-order valence-corrected chi connectivity index (χ0v) is 25.0. The lowest BCUT2D eigenvalue weighted by Gasteiger charge is -2.38. The van der Waals surface area contributed by atoms with Crippen molar-refractivity contribution in [3.05, 3.63) is 80.6 Å². The Hall–Kier alpha value is -3.61. The molecule has 0 saturated carbocycles. The maximum absolute atomic E-state index is 13.8. The van der Waals surface area contributed by atoms with Gasteiger partial charge < -0.3 is 39.8 Å². The summed E-state index contributed by atoms with van der Waals surface area (Å²) in [6, 6.07) is 13.4. The van der Waals surface area contributed by atoms with Gasteiger partial charge in [-0.2, -0.15) is 0 Å². The third-order valence-electron chi connectivity index (χ3n) is 7.71. The van der Waals surface area contributed by atoms with Crippen molar-refractivity contribution >= 4 is 22.8 Å². The maximum atomic E-state index is 13.8. The number of carbonyl (C=O) groups is 2. The van der Waals surface area contributed by atoms with Gasteiger partial charge in [0.15, 0.2) is 12.4 Å². The van der Waals surface area contributed by atoms with Crippen molar-refractivity contribution in [2.45, 2.75) is 83.7 Å². The number of aromatic amines is 1. The normalized spacial score (nSPS) is 22.5. The van der Waals surface area contributed by atoms with Gasteiger partial charge in [0.25, 0.3) is 5.56 Å². The second-order valence-electron chi connectivity index (χ2n) is 12.2. The van der Waals surface area contributed by atoms with E-state index in [4.69, 9.17) is 9.47 Å². The lowest BCUT2D eigenvalue weighted by atomic mass is 9.83. The second-order valence-corrected chi connectivity index (χ2v) is 12.2. The number of aryl methyl sites for hydroxylation is 2. The van der Waals surface area contributed by atoms with Gasteiger partial charge in [-0.15, -0.1) is 0 Å². The standard InChI is InChI=1S/C32H40N2O9/c1-17-12-18(2)24-20(13-17)14-21(29(39)33-24)16-34(23(35)15-19-8-6-7-9-22(19)32(3,4)5)10-11-42-31-27(38)25(36)26(37)28(43-31)30(40)41/h6-9,12-14,25-28,31,36-38H,10-11,15-16H2,1-5H3,(H,33,39)(H,40,41). The summed E-state index contributed by atoms with van der Waals surface area (Å²) < 4.78 is 10.8. The Bertz CT molecular complexity index is 1540. The van der Waals surface area contributed by atoms with Crippen molar-refractivity contribution in [2.24, 2.45) is 0 Å². The number of pyridine rings is 1. The van der Waals surface area contributed by atoms with Gasteiger partial charge in [-0.25, -0.2) is 4.79 Å². The number of nitrogens with one attached hydrogen (secondary N) is 1. The molecule has 0 radical (unpaired) electrons. The van der Waals surface area contributed by atoms with Crippen molar-refractivity contribution in [2.75, 3.05) is 13.2 Å². The fourth-order valence-corrected chi connectivity index (χ4v) is 5.50. The Labute approximate surface area is 249 Å². The van der Waals surface area contributed by atoms with E-state index in [1.165, 1.54) is 4.90 Å². The largest absolute Gasteiger partial charge is 0.479 e. The minimum absolute atomic E-state index is 0.0364. The van der Waals surface area contributed by atoms with Crippen molar-refractivity contribution in [1.82, 2.24) is 9.88 Å². The van der Waals surface area contributed by atoms with E-state index in [0.29, 0.717) is 5.56 Å². The minimum Gasteiger partial charge on any atom is -0.479 e. The van der Waals surface area contributed by atoms with Crippen LogP contribution in [0.4, 0.5) is 0 Å². The maximum Gasteiger partial charge on any atom is 0.335 e. The Morgan fingerprint density at radius 2 is 1.70 bits per heavy atom. The molecule has 11 heteroatoms. The number of aliphatic hydroxyl groups excluding tert-OH is 3. The molecule has 11 nitrogen and oxygen atoms in total. The van der Waals surface area contributed by atoms with E-state index in [0.717, 1.165) is 33.2 Å². The zero-order chi connectivity index (χ0) is 31.6. The van der Waals surface area contributed by atoms with E-state index in [1.54, 1.807) is 6.07 Å². The zero-order valence-electron chi connectivity index (χ0n) is 25.0. The van der Waals surface area contributed by atoms with Gasteiger partial charge in [0.1, 0.15) is 18.3 Å². The molecular weight excluding hydrogens is 556 g/mol. The van der Waals surface area contributed by atoms with Crippen LogP contribution in [0.3, 0.4) is 0 Å². The number of amides is 1. The molecule has 1 aromatic heterocycles. The summed E-state index contributed by atoms with van der Waals surface area (Å²) in [5.41, 5.74) is 4.36. The molecule has 3 aromatic rings. The van der Waals surface area contributed by atoms with Crippen LogP contribution in [-0.2, 0) is 37.4 Å². The Morgan fingerprint density at radius 1 is 1.00 bits per heavy atom. The number of benzene rings is 2. The average molecular weight is 597 g/mol. The number of hydrogen-bond acceptors (Lipinski definition) is 8. The fourth-order valence-electron chi connectivity index (χ4n) is 5.50. The number of carboxylic acid groups (broad SMARTS) is 1. The van der Waals surface area contributed by atoms with Gasteiger partial charge in [0.05, 0.1) is 25.1 Å². The van der Waals surface area contributed by atoms with Crippen molar-refractivity contribution in [3.63, 3.8) is 0 Å². The quantitative estimate of drug-likeness (QED) is 0.248. The molecular formula is C32H40N2O9. The molecule has 43 heavy (non-hydrogen) atoms. The van der Waals surface area contributed by atoms with E-state index in [1.807, 2.05) is 50.2 Å². The van der Waals surface area contributed by atoms with Crippen molar-refractivity contribution in [3.8, 4) is 0 Å². The summed E-state index contributed by atoms with van der Waals surface area (Å²) in [5.74, 6) is -1.80. The highest BCUT2D eigenvalue weighted by Gasteiger charge is 2.47. The summed E-state index contributed by atoms with van der Waals surface area (Å²) in [7, 11) is 0. The van der Waals surface area contributed by atoms with Gasteiger partial charge in [-0.1, -0.05) is 56.7 Å². The van der Waals surface area contributed by atoms with Crippen molar-refractivity contribution < 1.29 is 39.5 Å².